The number of ether oxygens (including phenoxy) is 1. The van der Waals surface area contributed by atoms with Crippen LogP contribution in [0.5, 0.6) is 0 Å². The van der Waals surface area contributed by atoms with Crippen molar-refractivity contribution in [2.24, 2.45) is 0 Å². The van der Waals surface area contributed by atoms with E-state index in [1.165, 1.54) is 6.08 Å². The van der Waals surface area contributed by atoms with Gasteiger partial charge in [-0.1, -0.05) is 30.2 Å². The fourth-order valence-corrected chi connectivity index (χ4v) is 2.57. The average Bonchev–Trinajstić information content (AvgIpc) is 2.60. The molecule has 0 bridgehead atoms. The highest BCUT2D eigenvalue weighted by Crippen LogP contribution is 2.23. The van der Waals surface area contributed by atoms with Gasteiger partial charge in [0, 0.05) is 12.0 Å². The Hall–Kier alpha value is -2.01. The van der Waals surface area contributed by atoms with Gasteiger partial charge in [-0.25, -0.2) is 0 Å². The van der Waals surface area contributed by atoms with Crippen LogP contribution in [0.25, 0.3) is 6.08 Å². The van der Waals surface area contributed by atoms with Gasteiger partial charge < -0.3 is 25.2 Å². The standard InChI is InChI=1S/C18H20O6/c1-2-11-5-3-4-6-12(11)7-8-13(20)9-14-16(21)18(23)17(22)15(10-19)24-14/h1,3-8,14-19,21-23H,9-10H2/b8-7+/t14-,15+,16-,17-,18+/m0/s1. The molecule has 128 valence electrons. The van der Waals surface area contributed by atoms with E-state index in [0.29, 0.717) is 11.1 Å². The normalized spacial score (nSPS) is 30.2. The molecule has 2 rings (SSSR count). The minimum atomic E-state index is -1.49. The van der Waals surface area contributed by atoms with E-state index in [0.717, 1.165) is 0 Å². The maximum atomic E-state index is 12.1. The smallest absolute Gasteiger partial charge is 0.158 e. The van der Waals surface area contributed by atoms with Crippen molar-refractivity contribution in [2.45, 2.75) is 36.9 Å². The second-order valence-corrected chi connectivity index (χ2v) is 5.60. The molecular formula is C18H20O6. The molecule has 6 heteroatoms. The fraction of sp³-hybridized carbons (Fsp3) is 0.389. The van der Waals surface area contributed by atoms with Gasteiger partial charge in [-0.3, -0.25) is 4.79 Å². The Morgan fingerprint density at radius 3 is 2.50 bits per heavy atom. The summed E-state index contributed by atoms with van der Waals surface area (Å²) in [7, 11) is 0. The number of hydrogen-bond acceptors (Lipinski definition) is 6. The minimum absolute atomic E-state index is 0.198. The lowest BCUT2D eigenvalue weighted by Crippen LogP contribution is -2.58. The van der Waals surface area contributed by atoms with Crippen molar-refractivity contribution in [3.63, 3.8) is 0 Å². The summed E-state index contributed by atoms with van der Waals surface area (Å²) in [5, 5.41) is 38.5. The number of allylic oxidation sites excluding steroid dienone is 1. The van der Waals surface area contributed by atoms with Gasteiger partial charge in [0.1, 0.15) is 24.4 Å². The van der Waals surface area contributed by atoms with Gasteiger partial charge in [-0.2, -0.15) is 0 Å². The second kappa shape index (κ2) is 8.20. The van der Waals surface area contributed by atoms with Gasteiger partial charge >= 0.3 is 0 Å². The van der Waals surface area contributed by atoms with Crippen LogP contribution in [0.2, 0.25) is 0 Å². The van der Waals surface area contributed by atoms with E-state index in [-0.39, 0.29) is 12.2 Å². The number of terminal acetylenes is 1. The molecule has 5 atom stereocenters. The minimum Gasteiger partial charge on any atom is -0.394 e. The quantitative estimate of drug-likeness (QED) is 0.427. The van der Waals surface area contributed by atoms with Crippen molar-refractivity contribution in [1.82, 2.24) is 0 Å². The number of aliphatic hydroxyl groups excluding tert-OH is 4. The second-order valence-electron chi connectivity index (χ2n) is 5.60. The molecule has 4 N–H and O–H groups in total. The van der Waals surface area contributed by atoms with Crippen LogP contribution >= 0.6 is 0 Å². The van der Waals surface area contributed by atoms with Crippen LogP contribution in [0.1, 0.15) is 17.5 Å². The van der Waals surface area contributed by atoms with E-state index in [1.807, 2.05) is 0 Å². The largest absolute Gasteiger partial charge is 0.394 e. The SMILES string of the molecule is C#Cc1ccccc1/C=C/C(=O)C[C@@H]1O[C@H](CO)[C@H](O)[C@H](O)[C@H]1O. The molecule has 0 aromatic heterocycles. The molecule has 0 radical (unpaired) electrons. The number of carbonyl (C=O) groups excluding carboxylic acids is 1. The van der Waals surface area contributed by atoms with Crippen LogP contribution in [0, 0.1) is 12.3 Å². The third-order valence-corrected chi connectivity index (χ3v) is 3.96. The molecule has 1 aliphatic rings. The molecule has 0 amide bonds. The zero-order valence-electron chi connectivity index (χ0n) is 12.9. The number of rotatable bonds is 5. The molecule has 24 heavy (non-hydrogen) atoms. The number of benzene rings is 1. The van der Waals surface area contributed by atoms with E-state index in [1.54, 1.807) is 30.3 Å². The molecule has 1 aliphatic heterocycles. The monoisotopic (exact) mass is 332 g/mol. The lowest BCUT2D eigenvalue weighted by atomic mass is 9.92. The molecule has 0 unspecified atom stereocenters. The topological polar surface area (TPSA) is 107 Å². The lowest BCUT2D eigenvalue weighted by molar-refractivity contribution is -0.229. The molecular weight excluding hydrogens is 312 g/mol. The van der Waals surface area contributed by atoms with E-state index in [2.05, 4.69) is 5.92 Å². The van der Waals surface area contributed by atoms with Gasteiger partial charge in [0.05, 0.1) is 12.7 Å². The Bertz CT molecular complexity index is 645. The molecule has 0 aliphatic carbocycles. The summed E-state index contributed by atoms with van der Waals surface area (Å²) < 4.78 is 5.30. The van der Waals surface area contributed by atoms with Gasteiger partial charge in [0.25, 0.3) is 0 Å². The van der Waals surface area contributed by atoms with Crippen molar-refractivity contribution >= 4 is 11.9 Å². The molecule has 0 spiro atoms. The van der Waals surface area contributed by atoms with Crippen LogP contribution in [0.4, 0.5) is 0 Å². The first-order chi connectivity index (χ1) is 11.5. The summed E-state index contributed by atoms with van der Waals surface area (Å²) in [6.45, 7) is -0.527. The van der Waals surface area contributed by atoms with Crippen LogP contribution in [0.3, 0.4) is 0 Å². The maximum Gasteiger partial charge on any atom is 0.158 e. The van der Waals surface area contributed by atoms with Gasteiger partial charge in [0.2, 0.25) is 0 Å². The Balaban J connectivity index is 2.04. The van der Waals surface area contributed by atoms with Crippen molar-refractivity contribution < 1.29 is 30.0 Å². The zero-order chi connectivity index (χ0) is 17.7. The summed E-state index contributed by atoms with van der Waals surface area (Å²) in [5.41, 5.74) is 1.36. The number of hydrogen-bond donors (Lipinski definition) is 4. The lowest BCUT2D eigenvalue weighted by Gasteiger charge is -2.39. The van der Waals surface area contributed by atoms with E-state index in [4.69, 9.17) is 16.3 Å². The number of aliphatic hydroxyl groups is 4. The summed E-state index contributed by atoms with van der Waals surface area (Å²) in [6.07, 6.45) is 1.70. The van der Waals surface area contributed by atoms with E-state index < -0.39 is 37.1 Å². The van der Waals surface area contributed by atoms with Gasteiger partial charge in [-0.05, 0) is 17.7 Å². The molecule has 0 saturated carbocycles. The van der Waals surface area contributed by atoms with E-state index >= 15 is 0 Å². The Morgan fingerprint density at radius 2 is 1.83 bits per heavy atom. The number of carbonyl (C=O) groups is 1. The first-order valence-electron chi connectivity index (χ1n) is 7.55. The first kappa shape index (κ1) is 18.3. The Labute approximate surface area is 140 Å². The molecule has 1 heterocycles. The van der Waals surface area contributed by atoms with Crippen LogP contribution < -0.4 is 0 Å². The predicted octanol–water partition coefficient (Wildman–Crippen LogP) is -0.517. The highest BCUT2D eigenvalue weighted by atomic mass is 16.5. The van der Waals surface area contributed by atoms with Crippen LogP contribution in [-0.2, 0) is 9.53 Å². The van der Waals surface area contributed by atoms with Crippen molar-refractivity contribution in [3.05, 3.63) is 41.5 Å². The molecule has 1 aromatic carbocycles. The summed E-state index contributed by atoms with van der Waals surface area (Å²) in [4.78, 5) is 12.1. The highest BCUT2D eigenvalue weighted by molar-refractivity contribution is 5.94. The summed E-state index contributed by atoms with van der Waals surface area (Å²) in [6, 6.07) is 7.11. The average molecular weight is 332 g/mol. The zero-order valence-corrected chi connectivity index (χ0v) is 12.9. The van der Waals surface area contributed by atoms with Crippen molar-refractivity contribution in [3.8, 4) is 12.3 Å². The summed E-state index contributed by atoms with van der Waals surface area (Å²) in [5.74, 6) is 2.17. The maximum absolute atomic E-state index is 12.1. The van der Waals surface area contributed by atoms with Crippen LogP contribution in [-0.4, -0.2) is 63.3 Å². The van der Waals surface area contributed by atoms with Crippen LogP contribution in [0.15, 0.2) is 30.3 Å². The molecule has 1 saturated heterocycles. The first-order valence-corrected chi connectivity index (χ1v) is 7.55. The van der Waals surface area contributed by atoms with Gasteiger partial charge in [-0.15, -0.1) is 6.42 Å². The fourth-order valence-electron chi connectivity index (χ4n) is 2.57. The van der Waals surface area contributed by atoms with Gasteiger partial charge in [0.15, 0.2) is 5.78 Å². The summed E-state index contributed by atoms with van der Waals surface area (Å²) >= 11 is 0. The van der Waals surface area contributed by atoms with Crippen molar-refractivity contribution in [2.75, 3.05) is 6.61 Å². The number of ketones is 1. The Kier molecular flexibility index (Phi) is 6.26. The third-order valence-electron chi connectivity index (χ3n) is 3.96. The Morgan fingerprint density at radius 1 is 1.17 bits per heavy atom. The highest BCUT2D eigenvalue weighted by Gasteiger charge is 2.43. The third kappa shape index (κ3) is 4.09. The predicted molar refractivity (Wildman–Crippen MR) is 86.8 cm³/mol. The molecule has 6 nitrogen and oxygen atoms in total. The molecule has 1 fully saturated rings. The van der Waals surface area contributed by atoms with Crippen molar-refractivity contribution in [1.29, 1.82) is 0 Å². The molecule has 1 aromatic rings. The van der Waals surface area contributed by atoms with E-state index in [9.17, 15) is 20.1 Å².